The molecular weight excluding hydrogens is 384 g/mol. The van der Waals surface area contributed by atoms with Gasteiger partial charge in [0.25, 0.3) is 0 Å². The van der Waals surface area contributed by atoms with E-state index in [1.54, 1.807) is 6.33 Å². The summed E-state index contributed by atoms with van der Waals surface area (Å²) >= 11 is 0. The summed E-state index contributed by atoms with van der Waals surface area (Å²) in [5.41, 5.74) is 3.98. The Hall–Kier alpha value is -2.02. The van der Waals surface area contributed by atoms with E-state index in [2.05, 4.69) is 54.9 Å². The van der Waals surface area contributed by atoms with Gasteiger partial charge in [0.1, 0.15) is 12.1 Å². The van der Waals surface area contributed by atoms with Gasteiger partial charge in [0.2, 0.25) is 0 Å². The van der Waals surface area contributed by atoms with Gasteiger partial charge < -0.3 is 9.80 Å². The molecule has 1 aromatic carbocycles. The van der Waals surface area contributed by atoms with E-state index < -0.39 is 0 Å². The maximum absolute atomic E-state index is 4.74. The summed E-state index contributed by atoms with van der Waals surface area (Å²) < 4.78 is 0. The van der Waals surface area contributed by atoms with Crippen molar-refractivity contribution >= 4 is 5.82 Å². The number of piperazine rings is 1. The predicted octanol–water partition coefficient (Wildman–Crippen LogP) is 2.64. The number of nitrogens with zero attached hydrogens (tertiary/aromatic N) is 6. The molecule has 2 fully saturated rings. The number of aromatic nitrogens is 2. The van der Waals surface area contributed by atoms with Crippen LogP contribution in [0.1, 0.15) is 36.1 Å². The van der Waals surface area contributed by atoms with E-state index in [4.69, 9.17) is 4.98 Å². The topological polar surface area (TPSA) is 38.7 Å². The number of hydrogen-bond acceptors (Lipinski definition) is 6. The Morgan fingerprint density at radius 1 is 0.742 bits per heavy atom. The predicted molar refractivity (Wildman–Crippen MR) is 125 cm³/mol. The molecule has 0 unspecified atom stereocenters. The highest BCUT2D eigenvalue weighted by Gasteiger charge is 2.25. The molecule has 0 saturated carbocycles. The Bertz CT molecular complexity index is 827. The summed E-state index contributed by atoms with van der Waals surface area (Å²) in [7, 11) is 0. The lowest BCUT2D eigenvalue weighted by atomic mass is 10.0. The first kappa shape index (κ1) is 20.9. The van der Waals surface area contributed by atoms with Gasteiger partial charge in [-0.25, -0.2) is 9.97 Å². The molecule has 0 N–H and O–H groups in total. The molecule has 0 aliphatic carbocycles. The van der Waals surface area contributed by atoms with Crippen molar-refractivity contribution < 1.29 is 0 Å². The van der Waals surface area contributed by atoms with Crippen LogP contribution < -0.4 is 4.90 Å². The van der Waals surface area contributed by atoms with Gasteiger partial charge in [0.05, 0.1) is 5.69 Å². The zero-order valence-corrected chi connectivity index (χ0v) is 18.8. The second-order valence-corrected chi connectivity index (χ2v) is 9.30. The molecule has 0 spiro atoms. The third-order valence-corrected chi connectivity index (χ3v) is 7.13. The SMILES string of the molecule is c1ccc(CN2CCc3c(ncnc3N3CCN(CCCN4CCCC4)CC3)C2)cc1. The Morgan fingerprint density at radius 2 is 1.48 bits per heavy atom. The van der Waals surface area contributed by atoms with E-state index in [1.807, 2.05) is 0 Å². The van der Waals surface area contributed by atoms with Crippen molar-refractivity contribution in [2.45, 2.75) is 38.8 Å². The molecule has 0 bridgehead atoms. The highest BCUT2D eigenvalue weighted by Crippen LogP contribution is 2.27. The van der Waals surface area contributed by atoms with E-state index in [1.165, 1.54) is 68.1 Å². The van der Waals surface area contributed by atoms with Crippen molar-refractivity contribution in [3.63, 3.8) is 0 Å². The number of rotatable bonds is 7. The first-order chi connectivity index (χ1) is 15.3. The molecule has 6 heteroatoms. The van der Waals surface area contributed by atoms with Crippen LogP contribution in [-0.2, 0) is 19.5 Å². The molecule has 2 aromatic rings. The monoisotopic (exact) mass is 420 g/mol. The molecule has 0 radical (unpaired) electrons. The standard InChI is InChI=1S/C25H36N6/c1-2-7-22(8-3-1)19-30-14-9-23-24(20-30)26-21-27-25(23)31-17-15-29(16-18-31)13-6-12-28-10-4-5-11-28/h1-3,7-8,21H,4-6,9-20H2. The van der Waals surface area contributed by atoms with Crippen LogP contribution in [0.15, 0.2) is 36.7 Å². The van der Waals surface area contributed by atoms with Gasteiger partial charge in [-0.15, -0.1) is 0 Å². The van der Waals surface area contributed by atoms with Crippen molar-refractivity contribution in [1.82, 2.24) is 24.7 Å². The van der Waals surface area contributed by atoms with Gasteiger partial charge in [0.15, 0.2) is 0 Å². The van der Waals surface area contributed by atoms with E-state index in [0.29, 0.717) is 0 Å². The molecule has 6 nitrogen and oxygen atoms in total. The van der Waals surface area contributed by atoms with Crippen LogP contribution in [-0.4, -0.2) is 83.6 Å². The van der Waals surface area contributed by atoms with Crippen LogP contribution >= 0.6 is 0 Å². The van der Waals surface area contributed by atoms with Crippen LogP contribution in [0.2, 0.25) is 0 Å². The minimum atomic E-state index is 0.927. The number of anilines is 1. The lowest BCUT2D eigenvalue weighted by molar-refractivity contribution is 0.231. The van der Waals surface area contributed by atoms with Crippen molar-refractivity contribution in [2.24, 2.45) is 0 Å². The molecule has 0 atom stereocenters. The Labute approximate surface area is 186 Å². The fraction of sp³-hybridized carbons (Fsp3) is 0.600. The van der Waals surface area contributed by atoms with Gasteiger partial charge in [-0.1, -0.05) is 30.3 Å². The number of benzene rings is 1. The molecular formula is C25H36N6. The quantitative estimate of drug-likeness (QED) is 0.686. The highest BCUT2D eigenvalue weighted by molar-refractivity contribution is 5.50. The fourth-order valence-corrected chi connectivity index (χ4v) is 5.35. The molecule has 2 saturated heterocycles. The van der Waals surface area contributed by atoms with Gasteiger partial charge in [-0.3, -0.25) is 9.80 Å². The molecule has 4 heterocycles. The Morgan fingerprint density at radius 3 is 2.26 bits per heavy atom. The van der Waals surface area contributed by atoms with Crippen molar-refractivity contribution in [3.05, 3.63) is 53.5 Å². The van der Waals surface area contributed by atoms with Gasteiger partial charge in [0, 0.05) is 51.4 Å². The summed E-state index contributed by atoms with van der Waals surface area (Å²) in [6.45, 7) is 12.6. The summed E-state index contributed by atoms with van der Waals surface area (Å²) in [4.78, 5) is 19.7. The summed E-state index contributed by atoms with van der Waals surface area (Å²) in [5.74, 6) is 1.20. The lowest BCUT2D eigenvalue weighted by Gasteiger charge is -2.37. The lowest BCUT2D eigenvalue weighted by Crippen LogP contribution is -2.48. The number of hydrogen-bond donors (Lipinski definition) is 0. The van der Waals surface area contributed by atoms with Crippen molar-refractivity contribution in [3.8, 4) is 0 Å². The maximum Gasteiger partial charge on any atom is 0.135 e. The van der Waals surface area contributed by atoms with Crippen molar-refractivity contribution in [2.75, 3.05) is 63.8 Å². The molecule has 1 aromatic heterocycles. The smallest absolute Gasteiger partial charge is 0.135 e. The Balaban J connectivity index is 1.14. The molecule has 5 rings (SSSR count). The molecule has 31 heavy (non-hydrogen) atoms. The van der Waals surface area contributed by atoms with Gasteiger partial charge in [-0.05, 0) is 57.4 Å². The summed E-state index contributed by atoms with van der Waals surface area (Å²) in [6, 6.07) is 10.8. The summed E-state index contributed by atoms with van der Waals surface area (Å²) in [5, 5.41) is 0. The minimum absolute atomic E-state index is 0.927. The third-order valence-electron chi connectivity index (χ3n) is 7.13. The number of likely N-dealkylation sites (tertiary alicyclic amines) is 1. The van der Waals surface area contributed by atoms with E-state index in [0.717, 1.165) is 52.2 Å². The molecule has 166 valence electrons. The second-order valence-electron chi connectivity index (χ2n) is 9.30. The van der Waals surface area contributed by atoms with Crippen LogP contribution in [0.5, 0.6) is 0 Å². The Kier molecular flexibility index (Phi) is 6.77. The second kappa shape index (κ2) is 10.1. The van der Waals surface area contributed by atoms with Crippen LogP contribution in [0.4, 0.5) is 5.82 Å². The molecule has 0 amide bonds. The van der Waals surface area contributed by atoms with Crippen LogP contribution in [0, 0.1) is 0 Å². The minimum Gasteiger partial charge on any atom is -0.354 e. The number of fused-ring (bicyclic) bond motifs is 1. The van der Waals surface area contributed by atoms with Gasteiger partial charge >= 0.3 is 0 Å². The zero-order valence-electron chi connectivity index (χ0n) is 18.8. The van der Waals surface area contributed by atoms with Gasteiger partial charge in [-0.2, -0.15) is 0 Å². The van der Waals surface area contributed by atoms with Crippen molar-refractivity contribution in [1.29, 1.82) is 0 Å². The average molecular weight is 421 g/mol. The first-order valence-corrected chi connectivity index (χ1v) is 12.1. The molecule has 3 aliphatic rings. The fourth-order valence-electron chi connectivity index (χ4n) is 5.35. The molecule has 3 aliphatic heterocycles. The normalized spacial score (nSPS) is 20.8. The average Bonchev–Trinajstić information content (AvgIpc) is 3.33. The third kappa shape index (κ3) is 5.25. The van der Waals surface area contributed by atoms with E-state index >= 15 is 0 Å². The van der Waals surface area contributed by atoms with E-state index in [-0.39, 0.29) is 0 Å². The maximum atomic E-state index is 4.74. The highest BCUT2D eigenvalue weighted by atomic mass is 15.3. The van der Waals surface area contributed by atoms with Crippen LogP contribution in [0.25, 0.3) is 0 Å². The zero-order chi connectivity index (χ0) is 20.9. The largest absolute Gasteiger partial charge is 0.354 e. The first-order valence-electron chi connectivity index (χ1n) is 12.1. The summed E-state index contributed by atoms with van der Waals surface area (Å²) in [6.07, 6.45) is 6.93. The van der Waals surface area contributed by atoms with E-state index in [9.17, 15) is 0 Å². The van der Waals surface area contributed by atoms with Crippen LogP contribution in [0.3, 0.4) is 0 Å².